The van der Waals surface area contributed by atoms with Gasteiger partial charge in [-0.3, -0.25) is 0 Å². The Bertz CT molecular complexity index is 413. The van der Waals surface area contributed by atoms with Crippen LogP contribution in [0.15, 0.2) is 24.3 Å². The van der Waals surface area contributed by atoms with Gasteiger partial charge in [0.2, 0.25) is 0 Å². The molecule has 3 heteroatoms. The van der Waals surface area contributed by atoms with Crippen LogP contribution in [0.1, 0.15) is 46.5 Å². The highest BCUT2D eigenvalue weighted by Gasteiger charge is 2.19. The van der Waals surface area contributed by atoms with Crippen molar-refractivity contribution in [3.8, 4) is 5.75 Å². The highest BCUT2D eigenvalue weighted by atomic mass is 16.5. The standard InChI is InChI=1S/C18H30N2O/c1-4-11-19-16-9-12-20(13-10-16)17-7-6-8-18(14-17)21-15(3)5-2/h6-8,14-16,19H,4-5,9-13H2,1-3H3. The van der Waals surface area contributed by atoms with Gasteiger partial charge in [0.05, 0.1) is 6.10 Å². The number of benzene rings is 1. The summed E-state index contributed by atoms with van der Waals surface area (Å²) in [6, 6.07) is 9.25. The zero-order valence-corrected chi connectivity index (χ0v) is 13.8. The third kappa shape index (κ3) is 4.92. The molecule has 0 saturated carbocycles. The minimum Gasteiger partial charge on any atom is -0.491 e. The Morgan fingerprint density at radius 1 is 1.29 bits per heavy atom. The van der Waals surface area contributed by atoms with Crippen molar-refractivity contribution in [2.75, 3.05) is 24.5 Å². The molecule has 118 valence electrons. The Kier molecular flexibility index (Phi) is 6.37. The molecule has 0 aliphatic carbocycles. The second-order valence-corrected chi connectivity index (χ2v) is 6.05. The summed E-state index contributed by atoms with van der Waals surface area (Å²) in [7, 11) is 0. The smallest absolute Gasteiger partial charge is 0.121 e. The van der Waals surface area contributed by atoms with E-state index < -0.39 is 0 Å². The molecule has 1 saturated heterocycles. The number of ether oxygens (including phenoxy) is 1. The maximum absolute atomic E-state index is 5.93. The van der Waals surface area contributed by atoms with Gasteiger partial charge in [0.25, 0.3) is 0 Å². The molecule has 1 atom stereocenters. The van der Waals surface area contributed by atoms with Gasteiger partial charge in [-0.15, -0.1) is 0 Å². The number of rotatable bonds is 7. The monoisotopic (exact) mass is 290 g/mol. The van der Waals surface area contributed by atoms with Crippen LogP contribution >= 0.6 is 0 Å². The van der Waals surface area contributed by atoms with Crippen molar-refractivity contribution in [3.63, 3.8) is 0 Å². The van der Waals surface area contributed by atoms with E-state index >= 15 is 0 Å². The molecule has 1 aromatic carbocycles. The van der Waals surface area contributed by atoms with Crippen molar-refractivity contribution in [1.29, 1.82) is 0 Å². The molecular formula is C18H30N2O. The molecule has 21 heavy (non-hydrogen) atoms. The number of piperidine rings is 1. The molecule has 0 bridgehead atoms. The fourth-order valence-corrected chi connectivity index (χ4v) is 2.76. The van der Waals surface area contributed by atoms with Gasteiger partial charge < -0.3 is 15.0 Å². The minimum atomic E-state index is 0.282. The molecule has 1 aliphatic rings. The van der Waals surface area contributed by atoms with Crippen LogP contribution in [0.3, 0.4) is 0 Å². The van der Waals surface area contributed by atoms with E-state index in [1.165, 1.54) is 24.9 Å². The predicted octanol–water partition coefficient (Wildman–Crippen LogP) is 3.83. The lowest BCUT2D eigenvalue weighted by Crippen LogP contribution is -2.42. The van der Waals surface area contributed by atoms with Gasteiger partial charge in [-0.1, -0.05) is 19.9 Å². The molecule has 1 unspecified atom stereocenters. The number of nitrogens with one attached hydrogen (secondary N) is 1. The Balaban J connectivity index is 1.89. The maximum atomic E-state index is 5.93. The van der Waals surface area contributed by atoms with E-state index in [9.17, 15) is 0 Å². The molecule has 0 aromatic heterocycles. The van der Waals surface area contributed by atoms with Crippen molar-refractivity contribution < 1.29 is 4.74 Å². The summed E-state index contributed by atoms with van der Waals surface area (Å²) >= 11 is 0. The van der Waals surface area contributed by atoms with Gasteiger partial charge in [0, 0.05) is 30.9 Å². The van der Waals surface area contributed by atoms with Crippen molar-refractivity contribution in [2.45, 2.75) is 58.6 Å². The summed E-state index contributed by atoms with van der Waals surface area (Å²) < 4.78 is 5.93. The molecule has 1 aromatic rings. The van der Waals surface area contributed by atoms with E-state index in [2.05, 4.69) is 55.3 Å². The number of nitrogens with zero attached hydrogens (tertiary/aromatic N) is 1. The summed E-state index contributed by atoms with van der Waals surface area (Å²) in [5.41, 5.74) is 1.30. The van der Waals surface area contributed by atoms with Crippen LogP contribution in [0.25, 0.3) is 0 Å². The first-order valence-corrected chi connectivity index (χ1v) is 8.48. The molecule has 0 amide bonds. The highest BCUT2D eigenvalue weighted by Crippen LogP contribution is 2.25. The van der Waals surface area contributed by atoms with Crippen LogP contribution in [0, 0.1) is 0 Å². The van der Waals surface area contributed by atoms with E-state index in [1.54, 1.807) is 0 Å². The van der Waals surface area contributed by atoms with Crippen LogP contribution in [0.5, 0.6) is 5.75 Å². The largest absolute Gasteiger partial charge is 0.491 e. The molecule has 0 radical (unpaired) electrons. The van der Waals surface area contributed by atoms with Crippen LogP contribution in [0.2, 0.25) is 0 Å². The zero-order valence-electron chi connectivity index (χ0n) is 13.8. The average Bonchev–Trinajstić information content (AvgIpc) is 2.53. The van der Waals surface area contributed by atoms with E-state index in [4.69, 9.17) is 4.74 Å². The lowest BCUT2D eigenvalue weighted by atomic mass is 10.0. The summed E-state index contributed by atoms with van der Waals surface area (Å²) in [6.45, 7) is 9.91. The van der Waals surface area contributed by atoms with Crippen molar-refractivity contribution in [1.82, 2.24) is 5.32 Å². The fraction of sp³-hybridized carbons (Fsp3) is 0.667. The molecule has 1 fully saturated rings. The normalized spacial score (nSPS) is 17.8. The molecular weight excluding hydrogens is 260 g/mol. The van der Waals surface area contributed by atoms with Crippen molar-refractivity contribution >= 4 is 5.69 Å². The summed E-state index contributed by atoms with van der Waals surface area (Å²) in [5.74, 6) is 0.994. The fourth-order valence-electron chi connectivity index (χ4n) is 2.76. The van der Waals surface area contributed by atoms with Crippen LogP contribution in [-0.2, 0) is 0 Å². The van der Waals surface area contributed by atoms with Gasteiger partial charge in [0.15, 0.2) is 0 Å². The number of anilines is 1. The highest BCUT2D eigenvalue weighted by molar-refractivity contribution is 5.51. The Morgan fingerprint density at radius 2 is 2.05 bits per heavy atom. The quantitative estimate of drug-likeness (QED) is 0.826. The van der Waals surface area contributed by atoms with E-state index in [1.807, 2.05) is 0 Å². The summed E-state index contributed by atoms with van der Waals surface area (Å²) in [6.07, 6.45) is 5.00. The SMILES string of the molecule is CCCNC1CCN(c2cccc(OC(C)CC)c2)CC1. The average molecular weight is 290 g/mol. The van der Waals surface area contributed by atoms with Crippen molar-refractivity contribution in [2.24, 2.45) is 0 Å². The molecule has 1 aliphatic heterocycles. The van der Waals surface area contributed by atoms with Crippen LogP contribution in [0.4, 0.5) is 5.69 Å². The topological polar surface area (TPSA) is 24.5 Å². The predicted molar refractivity (Wildman–Crippen MR) is 90.4 cm³/mol. The maximum Gasteiger partial charge on any atom is 0.121 e. The Morgan fingerprint density at radius 3 is 2.71 bits per heavy atom. The first kappa shape index (κ1) is 16.2. The Hall–Kier alpha value is -1.22. The van der Waals surface area contributed by atoms with E-state index in [0.29, 0.717) is 6.04 Å². The van der Waals surface area contributed by atoms with E-state index in [0.717, 1.165) is 31.8 Å². The molecule has 2 rings (SSSR count). The third-order valence-corrected chi connectivity index (χ3v) is 4.27. The van der Waals surface area contributed by atoms with Crippen LogP contribution < -0.4 is 15.0 Å². The van der Waals surface area contributed by atoms with Gasteiger partial charge in [-0.2, -0.15) is 0 Å². The first-order valence-electron chi connectivity index (χ1n) is 8.48. The molecule has 1 N–H and O–H groups in total. The second-order valence-electron chi connectivity index (χ2n) is 6.05. The second kappa shape index (κ2) is 8.28. The number of hydrogen-bond acceptors (Lipinski definition) is 3. The Labute approximate surface area is 129 Å². The van der Waals surface area contributed by atoms with E-state index in [-0.39, 0.29) is 6.10 Å². The first-order chi connectivity index (χ1) is 10.2. The molecule has 1 heterocycles. The summed E-state index contributed by atoms with van der Waals surface area (Å²) in [5, 5.41) is 3.64. The minimum absolute atomic E-state index is 0.282. The number of hydrogen-bond donors (Lipinski definition) is 1. The molecule has 3 nitrogen and oxygen atoms in total. The lowest BCUT2D eigenvalue weighted by Gasteiger charge is -2.34. The van der Waals surface area contributed by atoms with Gasteiger partial charge >= 0.3 is 0 Å². The van der Waals surface area contributed by atoms with Gasteiger partial charge in [-0.05, 0) is 51.3 Å². The third-order valence-electron chi connectivity index (χ3n) is 4.27. The zero-order chi connectivity index (χ0) is 15.1. The summed E-state index contributed by atoms with van der Waals surface area (Å²) in [4.78, 5) is 2.48. The van der Waals surface area contributed by atoms with Gasteiger partial charge in [0.1, 0.15) is 5.75 Å². The molecule has 0 spiro atoms. The lowest BCUT2D eigenvalue weighted by molar-refractivity contribution is 0.217. The van der Waals surface area contributed by atoms with Gasteiger partial charge in [-0.25, -0.2) is 0 Å². The van der Waals surface area contributed by atoms with Crippen molar-refractivity contribution in [3.05, 3.63) is 24.3 Å². The van der Waals surface area contributed by atoms with Crippen LogP contribution in [-0.4, -0.2) is 31.8 Å².